The number of phenols is 1. The van der Waals surface area contributed by atoms with Crippen molar-refractivity contribution in [2.75, 3.05) is 13.6 Å². The molecule has 1 saturated carbocycles. The average molecular weight is 276 g/mol. The van der Waals surface area contributed by atoms with Crippen LogP contribution in [0, 0.1) is 5.92 Å². The van der Waals surface area contributed by atoms with Crippen molar-refractivity contribution in [2.24, 2.45) is 11.7 Å². The third-order valence-electron chi connectivity index (χ3n) is 4.09. The molecule has 1 aliphatic rings. The van der Waals surface area contributed by atoms with Gasteiger partial charge >= 0.3 is 0 Å². The van der Waals surface area contributed by atoms with E-state index in [1.165, 1.54) is 25.7 Å². The number of likely N-dealkylation sites (N-methyl/N-ethyl adjacent to an activating group) is 1. The molecule has 4 nitrogen and oxygen atoms in total. The lowest BCUT2D eigenvalue weighted by atomic mass is 10.0. The Morgan fingerprint density at radius 3 is 2.55 bits per heavy atom. The maximum atomic E-state index is 12.3. The lowest BCUT2D eigenvalue weighted by molar-refractivity contribution is -0.131. The Balaban J connectivity index is 1.85. The Bertz CT molecular complexity index is 438. The van der Waals surface area contributed by atoms with Gasteiger partial charge < -0.3 is 15.7 Å². The number of carbonyl (C=O) groups is 1. The summed E-state index contributed by atoms with van der Waals surface area (Å²) in [5.41, 5.74) is 6.98. The molecule has 20 heavy (non-hydrogen) atoms. The number of benzene rings is 1. The summed E-state index contributed by atoms with van der Waals surface area (Å²) in [4.78, 5) is 14.0. The first-order valence-electron chi connectivity index (χ1n) is 7.34. The standard InChI is InChI=1S/C16H24N2O2/c1-18(11-13-4-2-3-5-13)16(20)15(17)10-12-6-8-14(19)9-7-12/h6-9,13,15,19H,2-5,10-11,17H2,1H3/t15-/m0/s1. The SMILES string of the molecule is CN(CC1CCCC1)C(=O)[C@@H](N)Cc1ccc(O)cc1. The Labute approximate surface area is 120 Å². The summed E-state index contributed by atoms with van der Waals surface area (Å²) in [7, 11) is 1.84. The second kappa shape index (κ2) is 6.75. The van der Waals surface area contributed by atoms with E-state index in [4.69, 9.17) is 5.73 Å². The molecule has 0 saturated heterocycles. The van der Waals surface area contributed by atoms with Gasteiger partial charge in [0.1, 0.15) is 5.75 Å². The molecule has 1 atom stereocenters. The third kappa shape index (κ3) is 3.97. The normalized spacial score (nSPS) is 17.1. The second-order valence-corrected chi connectivity index (χ2v) is 5.85. The van der Waals surface area contributed by atoms with E-state index in [-0.39, 0.29) is 11.7 Å². The molecule has 0 aromatic heterocycles. The number of carbonyl (C=O) groups excluding carboxylic acids is 1. The number of aromatic hydroxyl groups is 1. The maximum absolute atomic E-state index is 12.3. The van der Waals surface area contributed by atoms with Gasteiger partial charge in [-0.15, -0.1) is 0 Å². The molecule has 0 unspecified atom stereocenters. The van der Waals surface area contributed by atoms with Gasteiger partial charge in [0.15, 0.2) is 0 Å². The Hall–Kier alpha value is -1.55. The van der Waals surface area contributed by atoms with Crippen molar-refractivity contribution in [3.8, 4) is 5.75 Å². The van der Waals surface area contributed by atoms with Gasteiger partial charge in [-0.3, -0.25) is 4.79 Å². The number of nitrogens with two attached hydrogens (primary N) is 1. The number of rotatable bonds is 5. The van der Waals surface area contributed by atoms with E-state index in [9.17, 15) is 9.90 Å². The van der Waals surface area contributed by atoms with Gasteiger partial charge in [-0.25, -0.2) is 0 Å². The van der Waals surface area contributed by atoms with Crippen LogP contribution in [0.4, 0.5) is 0 Å². The number of amides is 1. The first kappa shape index (κ1) is 14.9. The quantitative estimate of drug-likeness (QED) is 0.863. The van der Waals surface area contributed by atoms with Crippen LogP contribution >= 0.6 is 0 Å². The molecule has 2 rings (SSSR count). The van der Waals surface area contributed by atoms with Crippen LogP contribution in [0.1, 0.15) is 31.2 Å². The summed E-state index contributed by atoms with van der Waals surface area (Å²) < 4.78 is 0. The number of nitrogens with zero attached hydrogens (tertiary/aromatic N) is 1. The fourth-order valence-corrected chi connectivity index (χ4v) is 2.93. The van der Waals surface area contributed by atoms with Crippen molar-refractivity contribution in [3.63, 3.8) is 0 Å². The molecule has 3 N–H and O–H groups in total. The van der Waals surface area contributed by atoms with E-state index in [0.717, 1.165) is 12.1 Å². The highest BCUT2D eigenvalue weighted by Crippen LogP contribution is 2.25. The highest BCUT2D eigenvalue weighted by molar-refractivity contribution is 5.81. The molecular formula is C16H24N2O2. The molecule has 4 heteroatoms. The second-order valence-electron chi connectivity index (χ2n) is 5.85. The summed E-state index contributed by atoms with van der Waals surface area (Å²) in [5, 5.41) is 9.24. The van der Waals surface area contributed by atoms with Gasteiger partial charge in [0.25, 0.3) is 0 Å². The van der Waals surface area contributed by atoms with Crippen LogP contribution in [0.3, 0.4) is 0 Å². The largest absolute Gasteiger partial charge is 0.508 e. The van der Waals surface area contributed by atoms with E-state index >= 15 is 0 Å². The van der Waals surface area contributed by atoms with E-state index in [0.29, 0.717) is 12.3 Å². The third-order valence-corrected chi connectivity index (χ3v) is 4.09. The summed E-state index contributed by atoms with van der Waals surface area (Å²) in [6.07, 6.45) is 5.53. The van der Waals surface area contributed by atoms with Crippen molar-refractivity contribution in [2.45, 2.75) is 38.1 Å². The molecule has 0 radical (unpaired) electrons. The van der Waals surface area contributed by atoms with Crippen LogP contribution in [0.5, 0.6) is 5.75 Å². The molecule has 0 spiro atoms. The van der Waals surface area contributed by atoms with Gasteiger partial charge in [0.05, 0.1) is 6.04 Å². The summed E-state index contributed by atoms with van der Waals surface area (Å²) in [5.74, 6) is 0.877. The fourth-order valence-electron chi connectivity index (χ4n) is 2.93. The van der Waals surface area contributed by atoms with Crippen LogP contribution in [-0.2, 0) is 11.2 Å². The van der Waals surface area contributed by atoms with Crippen molar-refractivity contribution in [1.82, 2.24) is 4.90 Å². The topological polar surface area (TPSA) is 66.6 Å². The first-order chi connectivity index (χ1) is 9.56. The Morgan fingerprint density at radius 1 is 1.35 bits per heavy atom. The fraction of sp³-hybridized carbons (Fsp3) is 0.562. The molecule has 1 aliphatic carbocycles. The molecule has 0 bridgehead atoms. The zero-order chi connectivity index (χ0) is 14.5. The van der Waals surface area contributed by atoms with Crippen LogP contribution in [0.25, 0.3) is 0 Å². The molecule has 1 amide bonds. The first-order valence-corrected chi connectivity index (χ1v) is 7.34. The van der Waals surface area contributed by atoms with Crippen molar-refractivity contribution in [1.29, 1.82) is 0 Å². The summed E-state index contributed by atoms with van der Waals surface area (Å²) >= 11 is 0. The number of hydrogen-bond acceptors (Lipinski definition) is 3. The summed E-state index contributed by atoms with van der Waals surface area (Å²) in [6.45, 7) is 0.822. The van der Waals surface area contributed by atoms with E-state index in [1.54, 1.807) is 29.2 Å². The molecule has 110 valence electrons. The predicted molar refractivity (Wildman–Crippen MR) is 79.4 cm³/mol. The molecule has 1 aromatic rings. The van der Waals surface area contributed by atoms with Gasteiger partial charge in [0, 0.05) is 13.6 Å². The van der Waals surface area contributed by atoms with Crippen molar-refractivity contribution >= 4 is 5.91 Å². The van der Waals surface area contributed by atoms with Crippen LogP contribution in [0.15, 0.2) is 24.3 Å². The summed E-state index contributed by atoms with van der Waals surface area (Å²) in [6, 6.07) is 6.34. The van der Waals surface area contributed by atoms with Crippen LogP contribution < -0.4 is 5.73 Å². The van der Waals surface area contributed by atoms with Gasteiger partial charge in [-0.1, -0.05) is 25.0 Å². The zero-order valence-electron chi connectivity index (χ0n) is 12.1. The van der Waals surface area contributed by atoms with Gasteiger partial charge in [-0.05, 0) is 42.9 Å². The minimum Gasteiger partial charge on any atom is -0.508 e. The van der Waals surface area contributed by atoms with E-state index in [1.807, 2.05) is 7.05 Å². The Kier molecular flexibility index (Phi) is 5.01. The minimum absolute atomic E-state index is 0.00461. The number of hydrogen-bond donors (Lipinski definition) is 2. The van der Waals surface area contributed by atoms with Crippen molar-refractivity contribution in [3.05, 3.63) is 29.8 Å². The van der Waals surface area contributed by atoms with Crippen molar-refractivity contribution < 1.29 is 9.90 Å². The maximum Gasteiger partial charge on any atom is 0.239 e. The molecular weight excluding hydrogens is 252 g/mol. The molecule has 0 heterocycles. The van der Waals surface area contributed by atoms with Crippen LogP contribution in [0.2, 0.25) is 0 Å². The average Bonchev–Trinajstić information content (AvgIpc) is 2.93. The minimum atomic E-state index is -0.508. The van der Waals surface area contributed by atoms with E-state index in [2.05, 4.69) is 0 Å². The zero-order valence-corrected chi connectivity index (χ0v) is 12.1. The van der Waals surface area contributed by atoms with Gasteiger partial charge in [-0.2, -0.15) is 0 Å². The molecule has 1 fully saturated rings. The lowest BCUT2D eigenvalue weighted by Crippen LogP contribution is -2.44. The molecule has 0 aliphatic heterocycles. The monoisotopic (exact) mass is 276 g/mol. The number of phenolic OH excluding ortho intramolecular Hbond substituents is 1. The van der Waals surface area contributed by atoms with Gasteiger partial charge in [0.2, 0.25) is 5.91 Å². The highest BCUT2D eigenvalue weighted by atomic mass is 16.3. The Morgan fingerprint density at radius 2 is 1.95 bits per heavy atom. The van der Waals surface area contributed by atoms with Crippen LogP contribution in [-0.4, -0.2) is 35.5 Å². The van der Waals surface area contributed by atoms with E-state index < -0.39 is 6.04 Å². The smallest absolute Gasteiger partial charge is 0.239 e. The lowest BCUT2D eigenvalue weighted by Gasteiger charge is -2.24. The molecule has 1 aromatic carbocycles. The predicted octanol–water partition coefficient (Wildman–Crippen LogP) is 1.91. The highest BCUT2D eigenvalue weighted by Gasteiger charge is 2.23.